The zero-order chi connectivity index (χ0) is 17.8. The van der Waals surface area contributed by atoms with Crippen LogP contribution in [0.3, 0.4) is 0 Å². The predicted molar refractivity (Wildman–Crippen MR) is 94.1 cm³/mol. The van der Waals surface area contributed by atoms with Gasteiger partial charge in [0.05, 0.1) is 5.39 Å². The number of fused-ring (bicyclic) bond motifs is 1. The lowest BCUT2D eigenvalue weighted by Crippen LogP contribution is -2.18. The average Bonchev–Trinajstić information content (AvgIpc) is 2.62. The van der Waals surface area contributed by atoms with Crippen molar-refractivity contribution in [2.24, 2.45) is 0 Å². The molecule has 1 heterocycles. The topological polar surface area (TPSA) is 81.3 Å². The molecule has 2 aromatic carbocycles. The maximum absolute atomic E-state index is 12.2. The normalized spacial score (nSPS) is 10.6. The minimum Gasteiger partial charge on any atom is -0.490 e. The molecule has 1 aromatic heterocycles. The highest BCUT2D eigenvalue weighted by molar-refractivity contribution is 6.01. The Morgan fingerprint density at radius 1 is 1.08 bits per heavy atom. The summed E-state index contributed by atoms with van der Waals surface area (Å²) < 4.78 is 10.9. The number of hydrogen-bond acceptors (Lipinski definition) is 5. The standard InChI is InChI=1S/C19H18N2O4/c1-12-7-8-13(2)16(11-12)24-9-10-25-19(23)17-14-5-3-4-6-15(14)18(22)21-20-17/h3-8,11H,9-10H2,1-2H3,(H,21,22). The minimum absolute atomic E-state index is 0.0847. The maximum Gasteiger partial charge on any atom is 0.359 e. The number of benzene rings is 2. The number of nitrogens with one attached hydrogen (secondary N) is 1. The van der Waals surface area contributed by atoms with E-state index in [0.29, 0.717) is 10.8 Å². The van der Waals surface area contributed by atoms with Crippen LogP contribution < -0.4 is 10.3 Å². The Morgan fingerprint density at radius 3 is 2.64 bits per heavy atom. The van der Waals surface area contributed by atoms with Gasteiger partial charge in [0.2, 0.25) is 0 Å². The number of esters is 1. The van der Waals surface area contributed by atoms with Crippen LogP contribution in [0.4, 0.5) is 0 Å². The van der Waals surface area contributed by atoms with Crippen LogP contribution in [0.5, 0.6) is 5.75 Å². The fraction of sp³-hybridized carbons (Fsp3) is 0.211. The fourth-order valence-corrected chi connectivity index (χ4v) is 2.49. The highest BCUT2D eigenvalue weighted by Gasteiger charge is 2.15. The molecule has 0 aliphatic carbocycles. The van der Waals surface area contributed by atoms with Gasteiger partial charge in [-0.15, -0.1) is 0 Å². The monoisotopic (exact) mass is 338 g/mol. The van der Waals surface area contributed by atoms with Gasteiger partial charge in [0.1, 0.15) is 19.0 Å². The van der Waals surface area contributed by atoms with Crippen molar-refractivity contribution in [2.45, 2.75) is 13.8 Å². The van der Waals surface area contributed by atoms with Gasteiger partial charge in [-0.25, -0.2) is 9.89 Å². The lowest BCUT2D eigenvalue weighted by Gasteiger charge is -2.10. The summed E-state index contributed by atoms with van der Waals surface area (Å²) in [7, 11) is 0. The van der Waals surface area contributed by atoms with E-state index in [1.54, 1.807) is 24.3 Å². The number of hydrogen-bond donors (Lipinski definition) is 1. The molecule has 3 rings (SSSR count). The van der Waals surface area contributed by atoms with Crippen molar-refractivity contribution in [1.29, 1.82) is 0 Å². The Balaban J connectivity index is 1.65. The van der Waals surface area contributed by atoms with E-state index in [2.05, 4.69) is 10.2 Å². The first-order valence-corrected chi connectivity index (χ1v) is 7.91. The number of nitrogens with zero attached hydrogens (tertiary/aromatic N) is 1. The van der Waals surface area contributed by atoms with Gasteiger partial charge >= 0.3 is 5.97 Å². The molecule has 0 saturated heterocycles. The summed E-state index contributed by atoms with van der Waals surface area (Å²) >= 11 is 0. The number of carbonyl (C=O) groups excluding carboxylic acids is 1. The van der Waals surface area contributed by atoms with Gasteiger partial charge in [-0.3, -0.25) is 4.79 Å². The summed E-state index contributed by atoms with van der Waals surface area (Å²) in [6, 6.07) is 12.7. The van der Waals surface area contributed by atoms with E-state index in [9.17, 15) is 9.59 Å². The molecule has 0 atom stereocenters. The fourth-order valence-electron chi connectivity index (χ4n) is 2.49. The number of ether oxygens (including phenoxy) is 2. The summed E-state index contributed by atoms with van der Waals surface area (Å²) in [5.74, 6) is 0.167. The minimum atomic E-state index is -0.600. The van der Waals surface area contributed by atoms with E-state index >= 15 is 0 Å². The van der Waals surface area contributed by atoms with E-state index in [1.807, 2.05) is 32.0 Å². The summed E-state index contributed by atoms with van der Waals surface area (Å²) in [6.45, 7) is 4.26. The molecule has 6 nitrogen and oxygen atoms in total. The first-order valence-electron chi connectivity index (χ1n) is 7.91. The molecule has 0 saturated carbocycles. The van der Waals surface area contributed by atoms with E-state index in [0.717, 1.165) is 16.9 Å². The molecule has 0 bridgehead atoms. The molecule has 0 aliphatic rings. The second-order valence-corrected chi connectivity index (χ2v) is 5.70. The van der Waals surface area contributed by atoms with Gasteiger partial charge < -0.3 is 9.47 Å². The van der Waals surface area contributed by atoms with E-state index in [1.165, 1.54) is 0 Å². The number of rotatable bonds is 5. The summed E-state index contributed by atoms with van der Waals surface area (Å²) in [4.78, 5) is 24.0. The molecule has 0 amide bonds. The highest BCUT2D eigenvalue weighted by Crippen LogP contribution is 2.19. The molecule has 0 spiro atoms. The smallest absolute Gasteiger partial charge is 0.359 e. The van der Waals surface area contributed by atoms with Gasteiger partial charge in [-0.1, -0.05) is 30.3 Å². The van der Waals surface area contributed by atoms with E-state index in [4.69, 9.17) is 9.47 Å². The molecular weight excluding hydrogens is 320 g/mol. The molecule has 1 N–H and O–H groups in total. The van der Waals surface area contributed by atoms with E-state index in [-0.39, 0.29) is 24.5 Å². The van der Waals surface area contributed by atoms with Crippen LogP contribution >= 0.6 is 0 Å². The van der Waals surface area contributed by atoms with Crippen LogP contribution in [0.2, 0.25) is 0 Å². The largest absolute Gasteiger partial charge is 0.490 e. The van der Waals surface area contributed by atoms with Gasteiger partial charge in [0.25, 0.3) is 5.56 Å². The second kappa shape index (κ2) is 7.17. The van der Waals surface area contributed by atoms with Gasteiger partial charge in [-0.2, -0.15) is 5.10 Å². The molecule has 25 heavy (non-hydrogen) atoms. The Kier molecular flexibility index (Phi) is 4.79. The van der Waals surface area contributed by atoms with Crippen molar-refractivity contribution in [3.05, 3.63) is 69.6 Å². The van der Waals surface area contributed by atoms with Crippen LogP contribution in [0.15, 0.2) is 47.3 Å². The third-order valence-electron chi connectivity index (χ3n) is 3.81. The Hall–Kier alpha value is -3.15. The number of carbonyl (C=O) groups is 1. The first-order chi connectivity index (χ1) is 12.1. The van der Waals surface area contributed by atoms with Crippen LogP contribution in [0.1, 0.15) is 21.6 Å². The van der Waals surface area contributed by atoms with Crippen molar-refractivity contribution in [2.75, 3.05) is 13.2 Å². The van der Waals surface area contributed by atoms with Crippen LogP contribution in [0.25, 0.3) is 10.8 Å². The van der Waals surface area contributed by atoms with Crippen LogP contribution in [0, 0.1) is 13.8 Å². The van der Waals surface area contributed by atoms with Crippen molar-refractivity contribution in [1.82, 2.24) is 10.2 Å². The zero-order valence-electron chi connectivity index (χ0n) is 14.0. The average molecular weight is 338 g/mol. The maximum atomic E-state index is 12.2. The van der Waals surface area contributed by atoms with Crippen molar-refractivity contribution < 1.29 is 14.3 Å². The SMILES string of the molecule is Cc1ccc(C)c(OCCOC(=O)c2n[nH]c(=O)c3ccccc23)c1. The Morgan fingerprint density at radius 2 is 1.84 bits per heavy atom. The molecule has 128 valence electrons. The first kappa shape index (κ1) is 16.7. The molecule has 6 heteroatoms. The quantitative estimate of drug-likeness (QED) is 0.571. The second-order valence-electron chi connectivity index (χ2n) is 5.70. The number of aryl methyl sites for hydroxylation is 2. The van der Waals surface area contributed by atoms with Gasteiger partial charge in [0, 0.05) is 5.39 Å². The number of H-pyrrole nitrogens is 1. The summed E-state index contributed by atoms with van der Waals surface area (Å²) in [5, 5.41) is 7.00. The van der Waals surface area contributed by atoms with Crippen molar-refractivity contribution >= 4 is 16.7 Å². The zero-order valence-corrected chi connectivity index (χ0v) is 14.0. The summed E-state index contributed by atoms with van der Waals surface area (Å²) in [5.41, 5.74) is 1.86. The molecule has 0 aliphatic heterocycles. The van der Waals surface area contributed by atoms with E-state index < -0.39 is 5.97 Å². The molecular formula is C19H18N2O4. The molecule has 0 radical (unpaired) electrons. The number of aromatic amines is 1. The molecule has 0 unspecified atom stereocenters. The van der Waals surface area contributed by atoms with Gasteiger partial charge in [0.15, 0.2) is 5.69 Å². The third-order valence-corrected chi connectivity index (χ3v) is 3.81. The van der Waals surface area contributed by atoms with Crippen molar-refractivity contribution in [3.63, 3.8) is 0 Å². The third kappa shape index (κ3) is 3.68. The van der Waals surface area contributed by atoms with Gasteiger partial charge in [-0.05, 0) is 37.1 Å². The Labute approximate surface area is 144 Å². The molecule has 3 aromatic rings. The highest BCUT2D eigenvalue weighted by atomic mass is 16.6. The Bertz CT molecular complexity index is 979. The summed E-state index contributed by atoms with van der Waals surface area (Å²) in [6.07, 6.45) is 0. The van der Waals surface area contributed by atoms with Crippen LogP contribution in [-0.4, -0.2) is 29.4 Å². The lowest BCUT2D eigenvalue weighted by atomic mass is 10.1. The number of aromatic nitrogens is 2. The van der Waals surface area contributed by atoms with Crippen molar-refractivity contribution in [3.8, 4) is 5.75 Å². The predicted octanol–water partition coefficient (Wildman–Crippen LogP) is 2.78. The lowest BCUT2D eigenvalue weighted by molar-refractivity contribution is 0.0444. The van der Waals surface area contributed by atoms with Crippen LogP contribution in [-0.2, 0) is 4.74 Å². The molecule has 0 fully saturated rings.